The van der Waals surface area contributed by atoms with Crippen LogP contribution in [-0.4, -0.2) is 28.4 Å². The molecule has 0 saturated heterocycles. The molecule has 0 saturated carbocycles. The van der Waals surface area contributed by atoms with Crippen LogP contribution >= 0.6 is 0 Å². The van der Waals surface area contributed by atoms with E-state index < -0.39 is 18.2 Å². The fraction of sp³-hybridized carbons (Fsp3) is 0.500. The third kappa shape index (κ3) is 1.17. The normalized spacial score (nSPS) is 33.1. The molecule has 56 valence electrons. The molecule has 0 aromatic carbocycles. The van der Waals surface area contributed by atoms with Crippen LogP contribution in [-0.2, 0) is 9.53 Å². The number of aliphatic hydroxyl groups is 2. The summed E-state index contributed by atoms with van der Waals surface area (Å²) in [5.74, 6) is -0.477. The fourth-order valence-corrected chi connectivity index (χ4v) is 0.724. The number of aliphatic hydroxyl groups excluding tert-OH is 2. The lowest BCUT2D eigenvalue weighted by atomic mass is 10.1. The SMILES string of the molecule is CC1=CC(O)C(O)C(=O)O1. The van der Waals surface area contributed by atoms with Crippen LogP contribution in [0.2, 0.25) is 0 Å². The molecule has 2 N–H and O–H groups in total. The van der Waals surface area contributed by atoms with Crippen LogP contribution in [0.25, 0.3) is 0 Å². The van der Waals surface area contributed by atoms with Crippen molar-refractivity contribution in [2.24, 2.45) is 0 Å². The minimum Gasteiger partial charge on any atom is -0.430 e. The maximum atomic E-state index is 10.5. The van der Waals surface area contributed by atoms with Gasteiger partial charge in [-0.25, -0.2) is 4.79 Å². The average molecular weight is 144 g/mol. The van der Waals surface area contributed by atoms with Gasteiger partial charge in [0, 0.05) is 0 Å². The van der Waals surface area contributed by atoms with E-state index in [4.69, 9.17) is 10.2 Å². The topological polar surface area (TPSA) is 66.8 Å². The van der Waals surface area contributed by atoms with Crippen molar-refractivity contribution in [2.45, 2.75) is 19.1 Å². The van der Waals surface area contributed by atoms with E-state index in [2.05, 4.69) is 4.74 Å². The number of carbonyl (C=O) groups excluding carboxylic acids is 1. The van der Waals surface area contributed by atoms with Crippen molar-refractivity contribution in [3.05, 3.63) is 11.8 Å². The maximum absolute atomic E-state index is 10.5. The van der Waals surface area contributed by atoms with E-state index in [1.165, 1.54) is 13.0 Å². The number of ether oxygens (including phenoxy) is 1. The van der Waals surface area contributed by atoms with E-state index >= 15 is 0 Å². The van der Waals surface area contributed by atoms with Gasteiger partial charge in [0.2, 0.25) is 0 Å². The number of hydrogen-bond donors (Lipinski definition) is 2. The average Bonchev–Trinajstić information content (AvgIpc) is 1.82. The van der Waals surface area contributed by atoms with Gasteiger partial charge in [0.05, 0.1) is 0 Å². The van der Waals surface area contributed by atoms with Gasteiger partial charge in [-0.2, -0.15) is 0 Å². The highest BCUT2D eigenvalue weighted by Crippen LogP contribution is 2.11. The number of hydrogen-bond acceptors (Lipinski definition) is 4. The Morgan fingerprint density at radius 2 is 2.20 bits per heavy atom. The van der Waals surface area contributed by atoms with Gasteiger partial charge in [0.25, 0.3) is 0 Å². The molecule has 1 heterocycles. The van der Waals surface area contributed by atoms with Gasteiger partial charge in [0.15, 0.2) is 6.10 Å². The zero-order valence-corrected chi connectivity index (χ0v) is 5.44. The van der Waals surface area contributed by atoms with Gasteiger partial charge >= 0.3 is 5.97 Å². The van der Waals surface area contributed by atoms with Crippen LogP contribution in [0.1, 0.15) is 6.92 Å². The van der Waals surface area contributed by atoms with E-state index in [0.29, 0.717) is 5.76 Å². The molecule has 0 amide bonds. The van der Waals surface area contributed by atoms with Crippen molar-refractivity contribution in [1.29, 1.82) is 0 Å². The molecule has 0 aromatic heterocycles. The summed E-state index contributed by atoms with van der Waals surface area (Å²) in [6.07, 6.45) is -1.27. The van der Waals surface area contributed by atoms with Crippen LogP contribution in [0.5, 0.6) is 0 Å². The Kier molecular flexibility index (Phi) is 1.74. The van der Waals surface area contributed by atoms with Crippen molar-refractivity contribution in [3.63, 3.8) is 0 Å². The van der Waals surface area contributed by atoms with E-state index in [9.17, 15) is 4.79 Å². The fourth-order valence-electron chi connectivity index (χ4n) is 0.724. The van der Waals surface area contributed by atoms with Gasteiger partial charge in [-0.1, -0.05) is 0 Å². The molecule has 0 fully saturated rings. The van der Waals surface area contributed by atoms with E-state index in [0.717, 1.165) is 0 Å². The first kappa shape index (κ1) is 7.24. The Hall–Kier alpha value is -0.870. The van der Waals surface area contributed by atoms with E-state index in [1.54, 1.807) is 0 Å². The molecular weight excluding hydrogens is 136 g/mol. The second-order valence-corrected chi connectivity index (χ2v) is 2.13. The summed E-state index contributed by atoms with van der Waals surface area (Å²) in [6.45, 7) is 1.53. The number of esters is 1. The van der Waals surface area contributed by atoms with Gasteiger partial charge in [-0.05, 0) is 13.0 Å². The molecule has 0 radical (unpaired) electrons. The van der Waals surface area contributed by atoms with Crippen LogP contribution in [0.15, 0.2) is 11.8 Å². The summed E-state index contributed by atoms with van der Waals surface area (Å²) in [4.78, 5) is 10.5. The van der Waals surface area contributed by atoms with Gasteiger partial charge in [-0.3, -0.25) is 0 Å². The van der Waals surface area contributed by atoms with Crippen LogP contribution in [0.4, 0.5) is 0 Å². The summed E-state index contributed by atoms with van der Waals surface area (Å²) in [5, 5.41) is 17.7. The molecule has 1 rings (SSSR count). The van der Waals surface area contributed by atoms with Gasteiger partial charge in [0.1, 0.15) is 11.9 Å². The van der Waals surface area contributed by atoms with Crippen molar-refractivity contribution < 1.29 is 19.7 Å². The number of cyclic esters (lactones) is 1. The van der Waals surface area contributed by atoms with Crippen molar-refractivity contribution in [2.75, 3.05) is 0 Å². The lowest BCUT2D eigenvalue weighted by Gasteiger charge is -2.19. The zero-order valence-electron chi connectivity index (χ0n) is 5.44. The van der Waals surface area contributed by atoms with Crippen molar-refractivity contribution in [1.82, 2.24) is 0 Å². The minimum absolute atomic E-state index is 0.322. The maximum Gasteiger partial charge on any atom is 0.343 e. The predicted octanol–water partition coefficient (Wildman–Crippen LogP) is -0.831. The summed E-state index contributed by atoms with van der Waals surface area (Å²) < 4.78 is 4.48. The Balaban J connectivity index is 2.79. The molecule has 2 atom stereocenters. The van der Waals surface area contributed by atoms with Crippen LogP contribution in [0, 0.1) is 0 Å². The monoisotopic (exact) mass is 144 g/mol. The predicted molar refractivity (Wildman–Crippen MR) is 31.9 cm³/mol. The number of rotatable bonds is 0. The molecule has 2 unspecified atom stereocenters. The largest absolute Gasteiger partial charge is 0.430 e. The van der Waals surface area contributed by atoms with Gasteiger partial charge < -0.3 is 14.9 Å². The van der Waals surface area contributed by atoms with Crippen LogP contribution < -0.4 is 0 Å². The number of carbonyl (C=O) groups is 1. The highest BCUT2D eigenvalue weighted by Gasteiger charge is 2.28. The first-order valence-corrected chi connectivity index (χ1v) is 2.87. The zero-order chi connectivity index (χ0) is 7.72. The molecule has 0 aromatic rings. The lowest BCUT2D eigenvalue weighted by Crippen LogP contribution is -2.37. The lowest BCUT2D eigenvalue weighted by molar-refractivity contribution is -0.156. The Bertz CT molecular complexity index is 184. The molecule has 1 aliphatic heterocycles. The van der Waals surface area contributed by atoms with Crippen molar-refractivity contribution in [3.8, 4) is 0 Å². The van der Waals surface area contributed by atoms with E-state index in [-0.39, 0.29) is 0 Å². The Morgan fingerprint density at radius 3 is 2.70 bits per heavy atom. The Labute approximate surface area is 57.7 Å². The number of allylic oxidation sites excluding steroid dienone is 1. The smallest absolute Gasteiger partial charge is 0.343 e. The second kappa shape index (κ2) is 2.40. The second-order valence-electron chi connectivity index (χ2n) is 2.13. The molecule has 10 heavy (non-hydrogen) atoms. The van der Waals surface area contributed by atoms with E-state index in [1.807, 2.05) is 0 Å². The molecule has 4 nitrogen and oxygen atoms in total. The van der Waals surface area contributed by atoms with Gasteiger partial charge in [-0.15, -0.1) is 0 Å². The highest BCUT2D eigenvalue weighted by molar-refractivity contribution is 5.77. The van der Waals surface area contributed by atoms with Crippen LogP contribution in [0.3, 0.4) is 0 Å². The first-order valence-electron chi connectivity index (χ1n) is 2.87. The third-order valence-electron chi connectivity index (χ3n) is 1.23. The third-order valence-corrected chi connectivity index (χ3v) is 1.23. The van der Waals surface area contributed by atoms with Crippen molar-refractivity contribution >= 4 is 5.97 Å². The highest BCUT2D eigenvalue weighted by atomic mass is 16.6. The summed E-state index contributed by atoms with van der Waals surface area (Å²) in [7, 11) is 0. The molecule has 0 bridgehead atoms. The summed E-state index contributed by atoms with van der Waals surface area (Å²) in [5.41, 5.74) is 0. The quantitative estimate of drug-likeness (QED) is 0.435. The Morgan fingerprint density at radius 1 is 1.60 bits per heavy atom. The summed E-state index contributed by atoms with van der Waals surface area (Å²) in [6, 6.07) is 0. The summed E-state index contributed by atoms with van der Waals surface area (Å²) >= 11 is 0. The standard InChI is InChI=1S/C6H8O4/c1-3-2-4(7)5(8)6(9)10-3/h2,4-5,7-8H,1H3. The minimum atomic E-state index is -1.43. The first-order chi connectivity index (χ1) is 4.61. The molecule has 0 spiro atoms. The molecule has 0 aliphatic carbocycles. The molecule has 4 heteroatoms. The molecule has 1 aliphatic rings. The molecular formula is C6H8O4.